The molecule has 0 saturated heterocycles. The molecule has 3 rings (SSSR count). The zero-order valence-corrected chi connectivity index (χ0v) is 17.7. The fourth-order valence-corrected chi connectivity index (χ4v) is 4.58. The van der Waals surface area contributed by atoms with Crippen molar-refractivity contribution in [2.75, 3.05) is 18.0 Å². The van der Waals surface area contributed by atoms with Crippen LogP contribution >= 0.6 is 11.6 Å². The maximum absolute atomic E-state index is 12.9. The maximum Gasteiger partial charge on any atom is 0.258 e. The van der Waals surface area contributed by atoms with Crippen molar-refractivity contribution in [1.29, 1.82) is 0 Å². The van der Waals surface area contributed by atoms with Crippen molar-refractivity contribution in [3.05, 3.63) is 58.6 Å². The summed E-state index contributed by atoms with van der Waals surface area (Å²) >= 11 is 6.02. The molecule has 0 radical (unpaired) electrons. The molecule has 1 aliphatic heterocycles. The summed E-state index contributed by atoms with van der Waals surface area (Å²) in [5.74, 6) is 0.298. The first kappa shape index (κ1) is 20.8. The van der Waals surface area contributed by atoms with Gasteiger partial charge in [0, 0.05) is 29.4 Å². The number of anilines is 1. The number of carbonyl (C=O) groups excluding carboxylic acids is 1. The van der Waals surface area contributed by atoms with Crippen molar-refractivity contribution in [3.63, 3.8) is 0 Å². The van der Waals surface area contributed by atoms with Crippen LogP contribution in [0.15, 0.2) is 47.4 Å². The first-order valence-corrected chi connectivity index (χ1v) is 11.3. The van der Waals surface area contributed by atoms with Crippen molar-refractivity contribution in [2.45, 2.75) is 38.0 Å². The van der Waals surface area contributed by atoms with Crippen LogP contribution in [0.1, 0.15) is 42.6 Å². The predicted molar refractivity (Wildman–Crippen MR) is 113 cm³/mol. The molecule has 0 saturated carbocycles. The van der Waals surface area contributed by atoms with Crippen LogP contribution in [-0.4, -0.2) is 27.4 Å². The Bertz CT molecular complexity index is 973. The largest absolute Gasteiger partial charge is 0.308 e. The lowest BCUT2D eigenvalue weighted by Gasteiger charge is -2.30. The highest BCUT2D eigenvalue weighted by atomic mass is 35.5. The molecule has 0 unspecified atom stereocenters. The second kappa shape index (κ2) is 8.64. The van der Waals surface area contributed by atoms with Gasteiger partial charge in [-0.15, -0.1) is 0 Å². The molecule has 5 nitrogen and oxygen atoms in total. The topological polar surface area (TPSA) is 66.5 Å². The molecule has 2 aromatic carbocycles. The van der Waals surface area contributed by atoms with Crippen LogP contribution < -0.4 is 9.62 Å². The summed E-state index contributed by atoms with van der Waals surface area (Å²) in [6.07, 6.45) is 2.31. The number of hydrogen-bond donors (Lipinski definition) is 1. The van der Waals surface area contributed by atoms with Gasteiger partial charge in [0.25, 0.3) is 5.91 Å². The van der Waals surface area contributed by atoms with Crippen molar-refractivity contribution in [1.82, 2.24) is 4.72 Å². The Balaban J connectivity index is 1.85. The van der Waals surface area contributed by atoms with E-state index in [4.69, 9.17) is 11.6 Å². The number of nitrogens with zero attached hydrogens (tertiary/aromatic N) is 1. The van der Waals surface area contributed by atoms with E-state index in [0.717, 1.165) is 30.5 Å². The molecule has 1 heterocycles. The third-order valence-corrected chi connectivity index (χ3v) is 6.50. The van der Waals surface area contributed by atoms with E-state index in [9.17, 15) is 13.2 Å². The summed E-state index contributed by atoms with van der Waals surface area (Å²) < 4.78 is 27.8. The summed E-state index contributed by atoms with van der Waals surface area (Å²) in [5.41, 5.74) is 2.15. The first-order chi connectivity index (χ1) is 13.3. The van der Waals surface area contributed by atoms with E-state index in [0.29, 0.717) is 29.6 Å². The van der Waals surface area contributed by atoms with Crippen molar-refractivity contribution >= 4 is 33.2 Å². The number of benzene rings is 2. The smallest absolute Gasteiger partial charge is 0.258 e. The van der Waals surface area contributed by atoms with Gasteiger partial charge < -0.3 is 4.90 Å². The molecule has 7 heteroatoms. The quantitative estimate of drug-likeness (QED) is 0.759. The number of hydrogen-bond acceptors (Lipinski definition) is 3. The molecule has 1 amide bonds. The zero-order chi connectivity index (χ0) is 20.3. The molecule has 2 aromatic rings. The van der Waals surface area contributed by atoms with Crippen LogP contribution in [0.4, 0.5) is 5.69 Å². The standard InChI is InChI=1S/C21H25ClN2O3S/c1-15(2)10-11-23-28(26,27)19-8-9-20-16(14-19)6-4-12-24(20)21(25)17-5-3-7-18(22)13-17/h3,5,7-9,13-15,23H,4,6,10-12H2,1-2H3. The lowest BCUT2D eigenvalue weighted by atomic mass is 10.0. The molecule has 1 aliphatic rings. The summed E-state index contributed by atoms with van der Waals surface area (Å²) in [7, 11) is -3.56. The van der Waals surface area contributed by atoms with E-state index in [1.807, 2.05) is 0 Å². The van der Waals surface area contributed by atoms with Crippen molar-refractivity contribution in [2.24, 2.45) is 5.92 Å². The lowest BCUT2D eigenvalue weighted by Crippen LogP contribution is -2.35. The molecule has 0 atom stereocenters. The second-order valence-electron chi connectivity index (χ2n) is 7.44. The molecule has 0 fully saturated rings. The average Bonchev–Trinajstić information content (AvgIpc) is 2.66. The number of halogens is 1. The number of rotatable bonds is 6. The number of fused-ring (bicyclic) bond motifs is 1. The summed E-state index contributed by atoms with van der Waals surface area (Å²) in [6.45, 7) is 5.12. The Morgan fingerprint density at radius 2 is 2.00 bits per heavy atom. The third kappa shape index (κ3) is 4.74. The number of carbonyl (C=O) groups is 1. The van der Waals surface area contributed by atoms with Crippen LogP contribution in [0.5, 0.6) is 0 Å². The summed E-state index contributed by atoms with van der Waals surface area (Å²) in [5, 5.41) is 0.511. The van der Waals surface area contributed by atoms with Gasteiger partial charge in [0.15, 0.2) is 0 Å². The second-order valence-corrected chi connectivity index (χ2v) is 9.64. The molecule has 0 aliphatic carbocycles. The maximum atomic E-state index is 12.9. The minimum Gasteiger partial charge on any atom is -0.308 e. The molecule has 0 bridgehead atoms. The first-order valence-electron chi connectivity index (χ1n) is 9.48. The highest BCUT2D eigenvalue weighted by Crippen LogP contribution is 2.31. The van der Waals surface area contributed by atoms with Crippen LogP contribution in [0.3, 0.4) is 0 Å². The van der Waals surface area contributed by atoms with Crippen molar-refractivity contribution < 1.29 is 13.2 Å². The van der Waals surface area contributed by atoms with Gasteiger partial charge in [0.1, 0.15) is 0 Å². The minimum absolute atomic E-state index is 0.130. The monoisotopic (exact) mass is 420 g/mol. The number of amides is 1. The number of aryl methyl sites for hydroxylation is 1. The Labute approximate surface area is 171 Å². The van der Waals surface area contributed by atoms with Crippen molar-refractivity contribution in [3.8, 4) is 0 Å². The third-order valence-electron chi connectivity index (χ3n) is 4.81. The Hall–Kier alpha value is -1.89. The van der Waals surface area contributed by atoms with Gasteiger partial charge in [-0.2, -0.15) is 0 Å². The van der Waals surface area contributed by atoms with E-state index < -0.39 is 10.0 Å². The molecule has 150 valence electrons. The van der Waals surface area contributed by atoms with Crippen LogP contribution in [0.2, 0.25) is 5.02 Å². The van der Waals surface area contributed by atoms with Crippen LogP contribution in [0, 0.1) is 5.92 Å². The molecular formula is C21H25ClN2O3S. The molecular weight excluding hydrogens is 396 g/mol. The van der Waals surface area contributed by atoms with Gasteiger partial charge in [-0.3, -0.25) is 4.79 Å². The Kier molecular flexibility index (Phi) is 6.43. The van der Waals surface area contributed by atoms with E-state index in [2.05, 4.69) is 18.6 Å². The highest BCUT2D eigenvalue weighted by molar-refractivity contribution is 7.89. The van der Waals surface area contributed by atoms with Crippen LogP contribution in [-0.2, 0) is 16.4 Å². The van der Waals surface area contributed by atoms with Gasteiger partial charge in [-0.05, 0) is 67.1 Å². The number of nitrogens with one attached hydrogen (secondary N) is 1. The van der Waals surface area contributed by atoms with Gasteiger partial charge in [0.05, 0.1) is 4.90 Å². The fourth-order valence-electron chi connectivity index (χ4n) is 3.29. The van der Waals surface area contributed by atoms with E-state index >= 15 is 0 Å². The molecule has 28 heavy (non-hydrogen) atoms. The fraction of sp³-hybridized carbons (Fsp3) is 0.381. The molecule has 0 aromatic heterocycles. The van der Waals surface area contributed by atoms with Gasteiger partial charge in [-0.25, -0.2) is 13.1 Å². The number of sulfonamides is 1. The molecule has 0 spiro atoms. The predicted octanol–water partition coefficient (Wildman–Crippen LogP) is 4.26. The zero-order valence-electron chi connectivity index (χ0n) is 16.1. The summed E-state index contributed by atoms with van der Waals surface area (Å²) in [6, 6.07) is 11.8. The Morgan fingerprint density at radius 1 is 1.21 bits per heavy atom. The lowest BCUT2D eigenvalue weighted by molar-refractivity contribution is 0.0985. The SMILES string of the molecule is CC(C)CCNS(=O)(=O)c1ccc2c(c1)CCCN2C(=O)c1cccc(Cl)c1. The van der Waals surface area contributed by atoms with Gasteiger partial charge in [0.2, 0.25) is 10.0 Å². The van der Waals surface area contributed by atoms with Crippen LogP contribution in [0.25, 0.3) is 0 Å². The minimum atomic E-state index is -3.56. The van der Waals surface area contributed by atoms with E-state index in [1.165, 1.54) is 0 Å². The molecule has 1 N–H and O–H groups in total. The van der Waals surface area contributed by atoms with Gasteiger partial charge in [-0.1, -0.05) is 31.5 Å². The normalized spacial score (nSPS) is 14.2. The summed E-state index contributed by atoms with van der Waals surface area (Å²) in [4.78, 5) is 14.9. The average molecular weight is 421 g/mol. The van der Waals surface area contributed by atoms with E-state index in [1.54, 1.807) is 47.4 Å². The Morgan fingerprint density at radius 3 is 2.71 bits per heavy atom. The van der Waals surface area contributed by atoms with E-state index in [-0.39, 0.29) is 10.8 Å². The highest BCUT2D eigenvalue weighted by Gasteiger charge is 2.25. The van der Waals surface area contributed by atoms with Gasteiger partial charge >= 0.3 is 0 Å².